The van der Waals surface area contributed by atoms with Crippen LogP contribution in [0.5, 0.6) is 0 Å². The number of carboxylic acids is 1. The molecule has 0 saturated heterocycles. The third kappa shape index (κ3) is 3.60. The molecule has 1 heterocycles. The van der Waals surface area contributed by atoms with Gasteiger partial charge in [0.05, 0.1) is 5.75 Å². The highest BCUT2D eigenvalue weighted by molar-refractivity contribution is 7.99. The van der Waals surface area contributed by atoms with Crippen LogP contribution in [0.1, 0.15) is 5.82 Å². The zero-order chi connectivity index (χ0) is 9.84. The molecule has 1 N–H and O–H groups in total. The topological polar surface area (TPSA) is 76.0 Å². The fourth-order valence-electron chi connectivity index (χ4n) is 0.635. The second-order valence-corrected chi connectivity index (χ2v) is 3.49. The number of thiol groups is 1. The number of aromatic nitrogens is 3. The highest BCUT2D eigenvalue weighted by atomic mass is 32.2. The minimum absolute atomic E-state index is 0.0589. The standard InChI is InChI=1S/C6H7N3O2S2/c1-3-7-5(12)9-6(8-3)13-2-4(10)11/h2H2,1H3,(H,10,11)(H,7,8,9,12). The molecule has 0 amide bonds. The molecule has 7 heteroatoms. The van der Waals surface area contributed by atoms with E-state index in [0.717, 1.165) is 11.8 Å². The number of hydrogen-bond donors (Lipinski definition) is 2. The maximum absolute atomic E-state index is 10.2. The molecule has 5 nitrogen and oxygen atoms in total. The number of hydrogen-bond acceptors (Lipinski definition) is 6. The normalized spacial score (nSPS) is 10.0. The van der Waals surface area contributed by atoms with E-state index in [0.29, 0.717) is 16.1 Å². The third-order valence-electron chi connectivity index (χ3n) is 1.04. The van der Waals surface area contributed by atoms with Crippen LogP contribution in [-0.4, -0.2) is 31.8 Å². The predicted molar refractivity (Wildman–Crippen MR) is 50.2 cm³/mol. The Bertz CT molecular complexity index is 311. The molecule has 13 heavy (non-hydrogen) atoms. The summed E-state index contributed by atoms with van der Waals surface area (Å²) in [5.74, 6) is -0.423. The van der Waals surface area contributed by atoms with E-state index in [1.807, 2.05) is 0 Å². The van der Waals surface area contributed by atoms with E-state index in [1.54, 1.807) is 6.92 Å². The molecule has 1 aromatic heterocycles. The van der Waals surface area contributed by atoms with Crippen molar-refractivity contribution in [3.05, 3.63) is 5.82 Å². The van der Waals surface area contributed by atoms with Crippen molar-refractivity contribution in [3.8, 4) is 0 Å². The highest BCUT2D eigenvalue weighted by Crippen LogP contribution is 2.13. The molecular weight excluding hydrogens is 210 g/mol. The van der Waals surface area contributed by atoms with Gasteiger partial charge in [-0.25, -0.2) is 9.97 Å². The summed E-state index contributed by atoms with van der Waals surface area (Å²) in [6.45, 7) is 1.70. The summed E-state index contributed by atoms with van der Waals surface area (Å²) in [5.41, 5.74) is 0. The van der Waals surface area contributed by atoms with E-state index in [1.165, 1.54) is 0 Å². The highest BCUT2D eigenvalue weighted by Gasteiger charge is 2.04. The van der Waals surface area contributed by atoms with Crippen LogP contribution in [0.4, 0.5) is 0 Å². The smallest absolute Gasteiger partial charge is 0.313 e. The summed E-state index contributed by atoms with van der Waals surface area (Å²) in [5, 5.41) is 9.10. The summed E-state index contributed by atoms with van der Waals surface area (Å²) in [6, 6.07) is 0. The molecule has 0 atom stereocenters. The lowest BCUT2D eigenvalue weighted by molar-refractivity contribution is -0.133. The van der Waals surface area contributed by atoms with E-state index in [9.17, 15) is 4.79 Å². The largest absolute Gasteiger partial charge is 0.481 e. The zero-order valence-corrected chi connectivity index (χ0v) is 8.47. The first-order chi connectivity index (χ1) is 6.08. The van der Waals surface area contributed by atoms with Crippen molar-refractivity contribution in [1.82, 2.24) is 15.0 Å². The number of aliphatic carboxylic acids is 1. The SMILES string of the molecule is Cc1nc(S)nc(SCC(=O)O)n1. The fourth-order valence-corrected chi connectivity index (χ4v) is 1.54. The monoisotopic (exact) mass is 217 g/mol. The van der Waals surface area contributed by atoms with Crippen LogP contribution in [0.2, 0.25) is 0 Å². The number of carboxylic acid groups (broad SMARTS) is 1. The van der Waals surface area contributed by atoms with Crippen molar-refractivity contribution in [2.75, 3.05) is 5.75 Å². The molecule has 0 radical (unpaired) electrons. The molecule has 0 fully saturated rings. The first kappa shape index (κ1) is 10.3. The van der Waals surface area contributed by atoms with Crippen molar-refractivity contribution in [3.63, 3.8) is 0 Å². The lowest BCUT2D eigenvalue weighted by Crippen LogP contribution is -2.01. The Kier molecular flexibility index (Phi) is 3.49. The van der Waals surface area contributed by atoms with Crippen LogP contribution in [-0.2, 0) is 4.79 Å². The summed E-state index contributed by atoms with van der Waals surface area (Å²) in [7, 11) is 0. The molecule has 0 unspecified atom stereocenters. The number of rotatable bonds is 3. The number of nitrogens with zero attached hydrogens (tertiary/aromatic N) is 3. The molecule has 0 spiro atoms. The predicted octanol–water partition coefficient (Wildman–Crippen LogP) is 0.645. The van der Waals surface area contributed by atoms with Gasteiger partial charge in [0.15, 0.2) is 10.3 Å². The number of aryl methyl sites for hydroxylation is 1. The van der Waals surface area contributed by atoms with Crippen molar-refractivity contribution in [2.45, 2.75) is 17.2 Å². The summed E-state index contributed by atoms with van der Waals surface area (Å²) < 4.78 is 0. The summed E-state index contributed by atoms with van der Waals surface area (Å²) >= 11 is 4.99. The van der Waals surface area contributed by atoms with E-state index in [2.05, 4.69) is 27.6 Å². The van der Waals surface area contributed by atoms with Crippen LogP contribution in [0, 0.1) is 6.92 Å². The minimum Gasteiger partial charge on any atom is -0.481 e. The minimum atomic E-state index is -0.899. The van der Waals surface area contributed by atoms with Gasteiger partial charge in [-0.3, -0.25) is 4.79 Å². The summed E-state index contributed by atoms with van der Waals surface area (Å²) in [6.07, 6.45) is 0. The second kappa shape index (κ2) is 4.43. The molecule has 70 valence electrons. The van der Waals surface area contributed by atoms with Gasteiger partial charge in [-0.2, -0.15) is 4.98 Å². The first-order valence-electron chi connectivity index (χ1n) is 3.34. The number of thioether (sulfide) groups is 1. The van der Waals surface area contributed by atoms with Gasteiger partial charge < -0.3 is 5.11 Å². The van der Waals surface area contributed by atoms with Crippen LogP contribution in [0.3, 0.4) is 0 Å². The van der Waals surface area contributed by atoms with Gasteiger partial charge in [-0.1, -0.05) is 11.8 Å². The van der Waals surface area contributed by atoms with Gasteiger partial charge in [-0.15, -0.1) is 12.6 Å². The average molecular weight is 217 g/mol. The van der Waals surface area contributed by atoms with Crippen molar-refractivity contribution in [2.24, 2.45) is 0 Å². The Morgan fingerprint density at radius 1 is 1.54 bits per heavy atom. The molecule has 0 aliphatic rings. The third-order valence-corrected chi connectivity index (χ3v) is 2.07. The first-order valence-corrected chi connectivity index (χ1v) is 4.77. The fraction of sp³-hybridized carbons (Fsp3) is 0.333. The van der Waals surface area contributed by atoms with E-state index in [4.69, 9.17) is 5.11 Å². The molecular formula is C6H7N3O2S2. The van der Waals surface area contributed by atoms with Gasteiger partial charge in [0.25, 0.3) is 0 Å². The molecule has 0 bridgehead atoms. The van der Waals surface area contributed by atoms with Crippen molar-refractivity contribution < 1.29 is 9.90 Å². The lowest BCUT2D eigenvalue weighted by Gasteiger charge is -1.98. The zero-order valence-electron chi connectivity index (χ0n) is 6.76. The van der Waals surface area contributed by atoms with E-state index >= 15 is 0 Å². The molecule has 0 aliphatic carbocycles. The van der Waals surface area contributed by atoms with Gasteiger partial charge >= 0.3 is 5.97 Å². The number of carbonyl (C=O) groups is 1. The van der Waals surface area contributed by atoms with Gasteiger partial charge in [0, 0.05) is 0 Å². The van der Waals surface area contributed by atoms with Gasteiger partial charge in [0.1, 0.15) is 5.82 Å². The lowest BCUT2D eigenvalue weighted by atomic mass is 10.7. The van der Waals surface area contributed by atoms with Gasteiger partial charge in [0.2, 0.25) is 0 Å². The van der Waals surface area contributed by atoms with Gasteiger partial charge in [-0.05, 0) is 6.92 Å². The van der Waals surface area contributed by atoms with Crippen LogP contribution < -0.4 is 0 Å². The van der Waals surface area contributed by atoms with Crippen molar-refractivity contribution >= 4 is 30.4 Å². The molecule has 1 rings (SSSR count). The molecule has 1 aromatic rings. The van der Waals surface area contributed by atoms with Crippen LogP contribution in [0.15, 0.2) is 10.3 Å². The Morgan fingerprint density at radius 3 is 2.77 bits per heavy atom. The molecule has 0 aromatic carbocycles. The maximum Gasteiger partial charge on any atom is 0.313 e. The Balaban J connectivity index is 2.71. The van der Waals surface area contributed by atoms with E-state index in [-0.39, 0.29) is 5.75 Å². The van der Waals surface area contributed by atoms with Crippen molar-refractivity contribution in [1.29, 1.82) is 0 Å². The summed E-state index contributed by atoms with van der Waals surface area (Å²) in [4.78, 5) is 21.9. The van der Waals surface area contributed by atoms with E-state index < -0.39 is 5.97 Å². The molecule has 0 saturated carbocycles. The second-order valence-electron chi connectivity index (χ2n) is 2.15. The van der Waals surface area contributed by atoms with Crippen LogP contribution in [0.25, 0.3) is 0 Å². The Morgan fingerprint density at radius 2 is 2.23 bits per heavy atom. The Labute approximate surface area is 84.4 Å². The van der Waals surface area contributed by atoms with Crippen LogP contribution >= 0.6 is 24.4 Å². The Hall–Kier alpha value is -0.820. The quantitative estimate of drug-likeness (QED) is 0.572. The molecule has 0 aliphatic heterocycles. The maximum atomic E-state index is 10.2. The average Bonchev–Trinajstić information content (AvgIpc) is 1.99.